The van der Waals surface area contributed by atoms with Gasteiger partial charge in [0, 0.05) is 6.20 Å². The highest BCUT2D eigenvalue weighted by Crippen LogP contribution is 2.08. The maximum absolute atomic E-state index is 11.1. The molecule has 5 heteroatoms. The van der Waals surface area contributed by atoms with Crippen LogP contribution < -0.4 is 5.69 Å². The van der Waals surface area contributed by atoms with Gasteiger partial charge >= 0.3 is 5.69 Å². The van der Waals surface area contributed by atoms with Crippen LogP contribution in [0.25, 0.3) is 5.65 Å². The van der Waals surface area contributed by atoms with E-state index in [0.717, 1.165) is 3.57 Å². The summed E-state index contributed by atoms with van der Waals surface area (Å²) in [6.45, 7) is 0. The Labute approximate surface area is 75.4 Å². The summed E-state index contributed by atoms with van der Waals surface area (Å²) in [6.07, 6.45) is 3.10. The third-order valence-corrected chi connectivity index (χ3v) is 2.25. The third-order valence-electron chi connectivity index (χ3n) is 1.41. The molecule has 0 amide bonds. The fourth-order valence-corrected chi connectivity index (χ4v) is 1.47. The Bertz CT molecular complexity index is 444. The molecule has 0 spiro atoms. The van der Waals surface area contributed by atoms with Crippen molar-refractivity contribution in [2.24, 2.45) is 0 Å². The monoisotopic (exact) mass is 261 g/mol. The van der Waals surface area contributed by atoms with Crippen LogP contribution in [0.5, 0.6) is 0 Å². The molecule has 2 rings (SSSR count). The average molecular weight is 261 g/mol. The Morgan fingerprint density at radius 1 is 1.64 bits per heavy atom. The normalized spacial score (nSPS) is 10.6. The highest BCUT2D eigenvalue weighted by Gasteiger charge is 2.00. The van der Waals surface area contributed by atoms with Gasteiger partial charge in [0.15, 0.2) is 5.65 Å². The molecule has 2 aromatic heterocycles. The molecule has 11 heavy (non-hydrogen) atoms. The second-order valence-electron chi connectivity index (χ2n) is 2.06. The van der Waals surface area contributed by atoms with Crippen LogP contribution in [0.15, 0.2) is 23.4 Å². The lowest BCUT2D eigenvalue weighted by Crippen LogP contribution is -2.15. The van der Waals surface area contributed by atoms with Crippen molar-refractivity contribution in [2.45, 2.75) is 0 Å². The van der Waals surface area contributed by atoms with E-state index >= 15 is 0 Å². The van der Waals surface area contributed by atoms with Crippen molar-refractivity contribution in [1.82, 2.24) is 14.4 Å². The highest BCUT2D eigenvalue weighted by atomic mass is 127. The predicted octanol–water partition coefficient (Wildman–Crippen LogP) is 0.627. The van der Waals surface area contributed by atoms with Crippen LogP contribution in [0.2, 0.25) is 0 Å². The minimum absolute atomic E-state index is 0.155. The van der Waals surface area contributed by atoms with Gasteiger partial charge in [-0.05, 0) is 28.7 Å². The first-order chi connectivity index (χ1) is 5.29. The zero-order valence-corrected chi connectivity index (χ0v) is 7.57. The molecule has 0 radical (unpaired) electrons. The Balaban J connectivity index is 3.06. The summed E-state index contributed by atoms with van der Waals surface area (Å²) in [5.74, 6) is 0. The second-order valence-corrected chi connectivity index (χ2v) is 3.23. The summed E-state index contributed by atoms with van der Waals surface area (Å²) in [5.41, 5.74) is 0.548. The number of aromatic nitrogens is 3. The fraction of sp³-hybridized carbons (Fsp3) is 0. The zero-order chi connectivity index (χ0) is 7.84. The Morgan fingerprint density at radius 3 is 3.18 bits per heavy atom. The van der Waals surface area contributed by atoms with Gasteiger partial charge in [-0.3, -0.25) is 9.38 Å². The van der Waals surface area contributed by atoms with Crippen molar-refractivity contribution < 1.29 is 0 Å². The molecular formula is C6H4IN3O. The molecule has 0 saturated heterocycles. The van der Waals surface area contributed by atoms with E-state index in [-0.39, 0.29) is 5.69 Å². The van der Waals surface area contributed by atoms with Gasteiger partial charge in [-0.2, -0.15) is 0 Å². The Hall–Kier alpha value is -0.850. The van der Waals surface area contributed by atoms with Gasteiger partial charge in [-0.25, -0.2) is 9.78 Å². The molecule has 0 bridgehead atoms. The molecule has 2 aromatic rings. The van der Waals surface area contributed by atoms with Gasteiger partial charge in [0.2, 0.25) is 0 Å². The van der Waals surface area contributed by atoms with Crippen molar-refractivity contribution in [2.75, 3.05) is 0 Å². The van der Waals surface area contributed by atoms with Gasteiger partial charge in [0.05, 0.1) is 9.90 Å². The SMILES string of the molecule is O=c1[nH]cnc2c(I)ccn12. The molecule has 0 aliphatic carbocycles. The Morgan fingerprint density at radius 2 is 2.45 bits per heavy atom. The molecule has 0 saturated carbocycles. The Kier molecular flexibility index (Phi) is 1.45. The van der Waals surface area contributed by atoms with E-state index in [4.69, 9.17) is 0 Å². The molecule has 0 aliphatic rings. The number of hydrogen-bond acceptors (Lipinski definition) is 2. The van der Waals surface area contributed by atoms with Gasteiger partial charge in [-0.1, -0.05) is 0 Å². The van der Waals surface area contributed by atoms with E-state index in [1.807, 2.05) is 6.07 Å². The van der Waals surface area contributed by atoms with Crippen LogP contribution in [0, 0.1) is 3.57 Å². The molecule has 0 aromatic carbocycles. The minimum Gasteiger partial charge on any atom is -0.298 e. The molecule has 0 fully saturated rings. The summed E-state index contributed by atoms with van der Waals surface area (Å²) in [7, 11) is 0. The van der Waals surface area contributed by atoms with Crippen molar-refractivity contribution in [1.29, 1.82) is 0 Å². The molecule has 0 aliphatic heterocycles. The van der Waals surface area contributed by atoms with Crippen LogP contribution in [-0.4, -0.2) is 14.4 Å². The number of nitrogens with zero attached hydrogens (tertiary/aromatic N) is 2. The van der Waals surface area contributed by atoms with Crippen molar-refractivity contribution in [3.8, 4) is 0 Å². The molecule has 2 heterocycles. The van der Waals surface area contributed by atoms with Crippen molar-refractivity contribution >= 4 is 28.2 Å². The number of fused-ring (bicyclic) bond motifs is 1. The standard InChI is InChI=1S/C6H4IN3O/c7-4-1-2-10-5(4)8-3-9-6(10)11/h1-3H,(H,8,9,11). The second kappa shape index (κ2) is 2.33. The van der Waals surface area contributed by atoms with E-state index in [1.165, 1.54) is 10.7 Å². The minimum atomic E-state index is -0.155. The number of nitrogens with one attached hydrogen (secondary N) is 1. The summed E-state index contributed by atoms with van der Waals surface area (Å²) in [4.78, 5) is 17.5. The van der Waals surface area contributed by atoms with Crippen LogP contribution in [0.4, 0.5) is 0 Å². The number of aromatic amines is 1. The fourth-order valence-electron chi connectivity index (χ4n) is 0.906. The first-order valence-corrected chi connectivity index (χ1v) is 4.07. The smallest absolute Gasteiger partial charge is 0.298 e. The summed E-state index contributed by atoms with van der Waals surface area (Å²) in [6, 6.07) is 1.85. The molecule has 1 N–H and O–H groups in total. The van der Waals surface area contributed by atoms with E-state index in [0.29, 0.717) is 5.65 Å². The lowest BCUT2D eigenvalue weighted by molar-refractivity contribution is 0.955. The predicted molar refractivity (Wildman–Crippen MR) is 48.5 cm³/mol. The van der Waals surface area contributed by atoms with Gasteiger partial charge in [-0.15, -0.1) is 0 Å². The van der Waals surface area contributed by atoms with E-state index in [1.54, 1.807) is 6.20 Å². The summed E-state index contributed by atoms with van der Waals surface area (Å²) >= 11 is 2.13. The van der Waals surface area contributed by atoms with E-state index in [9.17, 15) is 4.79 Å². The maximum atomic E-state index is 11.1. The van der Waals surface area contributed by atoms with Crippen molar-refractivity contribution in [3.63, 3.8) is 0 Å². The molecule has 56 valence electrons. The van der Waals surface area contributed by atoms with Crippen LogP contribution in [0.1, 0.15) is 0 Å². The van der Waals surface area contributed by atoms with E-state index in [2.05, 4.69) is 32.6 Å². The maximum Gasteiger partial charge on any atom is 0.332 e. The van der Waals surface area contributed by atoms with E-state index < -0.39 is 0 Å². The molecule has 4 nitrogen and oxygen atoms in total. The lowest BCUT2D eigenvalue weighted by Gasteiger charge is -1.89. The summed E-state index contributed by atoms with van der Waals surface area (Å²) in [5, 5.41) is 0. The van der Waals surface area contributed by atoms with Crippen LogP contribution >= 0.6 is 22.6 Å². The molecule has 0 atom stereocenters. The first-order valence-electron chi connectivity index (χ1n) is 2.99. The van der Waals surface area contributed by atoms with Crippen molar-refractivity contribution in [3.05, 3.63) is 32.6 Å². The lowest BCUT2D eigenvalue weighted by atomic mass is 10.6. The largest absolute Gasteiger partial charge is 0.332 e. The number of halogens is 1. The summed E-state index contributed by atoms with van der Waals surface area (Å²) < 4.78 is 2.45. The molecule has 0 unspecified atom stereocenters. The quantitative estimate of drug-likeness (QED) is 0.707. The van der Waals surface area contributed by atoms with Gasteiger partial charge in [0.25, 0.3) is 0 Å². The van der Waals surface area contributed by atoms with Crippen LogP contribution in [-0.2, 0) is 0 Å². The topological polar surface area (TPSA) is 50.2 Å². The first kappa shape index (κ1) is 6.84. The number of hydrogen-bond donors (Lipinski definition) is 1. The zero-order valence-electron chi connectivity index (χ0n) is 5.41. The third kappa shape index (κ3) is 0.953. The average Bonchev–Trinajstić information content (AvgIpc) is 2.35. The highest BCUT2D eigenvalue weighted by molar-refractivity contribution is 14.1. The number of rotatable bonds is 0. The van der Waals surface area contributed by atoms with Crippen LogP contribution in [0.3, 0.4) is 0 Å². The molecular weight excluding hydrogens is 257 g/mol. The van der Waals surface area contributed by atoms with Gasteiger partial charge < -0.3 is 0 Å². The van der Waals surface area contributed by atoms with Gasteiger partial charge in [0.1, 0.15) is 0 Å². The number of H-pyrrole nitrogens is 1.